The van der Waals surface area contributed by atoms with Gasteiger partial charge < -0.3 is 15.0 Å². The van der Waals surface area contributed by atoms with Crippen LogP contribution in [-0.2, 0) is 17.8 Å². The molecule has 1 fully saturated rings. The molecule has 0 saturated heterocycles. The van der Waals surface area contributed by atoms with Gasteiger partial charge in [0, 0.05) is 18.8 Å². The van der Waals surface area contributed by atoms with Gasteiger partial charge in [-0.05, 0) is 55.6 Å². The van der Waals surface area contributed by atoms with Gasteiger partial charge in [0.15, 0.2) is 0 Å². The van der Waals surface area contributed by atoms with Gasteiger partial charge in [0.05, 0.1) is 6.42 Å². The van der Waals surface area contributed by atoms with Gasteiger partial charge in [-0.3, -0.25) is 14.4 Å². The lowest BCUT2D eigenvalue weighted by molar-refractivity contribution is -0.140. The lowest BCUT2D eigenvalue weighted by atomic mass is 9.71. The summed E-state index contributed by atoms with van der Waals surface area (Å²) in [4.78, 5) is 37.3. The number of hydrogen-bond acceptors (Lipinski definition) is 3. The fourth-order valence-corrected chi connectivity index (χ4v) is 4.50. The summed E-state index contributed by atoms with van der Waals surface area (Å²) in [7, 11) is 0. The van der Waals surface area contributed by atoms with E-state index in [0.29, 0.717) is 19.0 Å². The van der Waals surface area contributed by atoms with E-state index in [4.69, 9.17) is 0 Å². The Morgan fingerprint density at radius 3 is 2.45 bits per heavy atom. The number of nitrogens with zero attached hydrogens (tertiary/aromatic N) is 1. The van der Waals surface area contributed by atoms with Gasteiger partial charge in [0.1, 0.15) is 5.56 Å². The van der Waals surface area contributed by atoms with E-state index in [1.54, 1.807) is 10.6 Å². The number of nitrogens with one attached hydrogen (secondary N) is 1. The number of aryl methyl sites for hydroxylation is 1. The number of carboxylic acids is 1. The highest BCUT2D eigenvalue weighted by Crippen LogP contribution is 2.38. The summed E-state index contributed by atoms with van der Waals surface area (Å²) >= 11 is 0. The van der Waals surface area contributed by atoms with E-state index in [9.17, 15) is 19.5 Å². The van der Waals surface area contributed by atoms with Crippen molar-refractivity contribution in [2.45, 2.75) is 85.6 Å². The zero-order chi connectivity index (χ0) is 21.6. The van der Waals surface area contributed by atoms with E-state index < -0.39 is 17.3 Å². The second kappa shape index (κ2) is 10.1. The molecule has 2 N–H and O–H groups in total. The molecular weight excluding hydrogens is 368 g/mol. The van der Waals surface area contributed by atoms with Crippen LogP contribution in [0.25, 0.3) is 0 Å². The zero-order valence-corrected chi connectivity index (χ0v) is 18.3. The minimum atomic E-state index is -0.833. The first kappa shape index (κ1) is 23.2. The van der Waals surface area contributed by atoms with Crippen LogP contribution < -0.4 is 10.9 Å². The number of carbonyl (C=O) groups is 2. The van der Waals surface area contributed by atoms with Gasteiger partial charge >= 0.3 is 5.97 Å². The number of hydrogen-bond donors (Lipinski definition) is 2. The number of carbonyl (C=O) groups excluding carboxylic acids is 1. The van der Waals surface area contributed by atoms with E-state index in [2.05, 4.69) is 19.2 Å². The molecule has 1 aromatic heterocycles. The highest BCUT2D eigenvalue weighted by molar-refractivity contribution is 5.94. The molecule has 0 atom stereocenters. The molecule has 0 spiro atoms. The summed E-state index contributed by atoms with van der Waals surface area (Å²) in [5.41, 5.74) is 1.42. The zero-order valence-electron chi connectivity index (χ0n) is 18.3. The van der Waals surface area contributed by atoms with Gasteiger partial charge in [-0.1, -0.05) is 40.0 Å². The Morgan fingerprint density at radius 1 is 1.24 bits per heavy atom. The van der Waals surface area contributed by atoms with Gasteiger partial charge in [-0.25, -0.2) is 0 Å². The molecule has 162 valence electrons. The molecule has 0 unspecified atom stereocenters. The summed E-state index contributed by atoms with van der Waals surface area (Å²) in [5, 5.41) is 12.2. The Bertz CT molecular complexity index is 789. The number of amides is 1. The number of rotatable bonds is 9. The van der Waals surface area contributed by atoms with Crippen LogP contribution in [0, 0.1) is 18.3 Å². The SMILES string of the molecule is CCc1c(C)cc(C(=O)NCC2(CC(=O)O)CCCCC2)c(=O)n1CCC(C)C. The van der Waals surface area contributed by atoms with Crippen LogP contribution in [-0.4, -0.2) is 28.1 Å². The summed E-state index contributed by atoms with van der Waals surface area (Å²) in [6.45, 7) is 9.10. The van der Waals surface area contributed by atoms with E-state index in [1.165, 1.54) is 0 Å². The number of carboxylic acid groups (broad SMARTS) is 1. The van der Waals surface area contributed by atoms with Crippen molar-refractivity contribution in [3.8, 4) is 0 Å². The minimum absolute atomic E-state index is 0.0553. The third-order valence-electron chi connectivity index (χ3n) is 6.19. The fourth-order valence-electron chi connectivity index (χ4n) is 4.50. The first-order valence-electron chi connectivity index (χ1n) is 10.9. The molecule has 1 aliphatic carbocycles. The Morgan fingerprint density at radius 2 is 1.90 bits per heavy atom. The molecule has 0 aliphatic heterocycles. The van der Waals surface area contributed by atoms with Crippen molar-refractivity contribution in [2.24, 2.45) is 11.3 Å². The van der Waals surface area contributed by atoms with Crippen molar-refractivity contribution in [1.29, 1.82) is 0 Å². The van der Waals surface area contributed by atoms with Gasteiger partial charge in [0.2, 0.25) is 0 Å². The Kier molecular flexibility index (Phi) is 8.05. The highest BCUT2D eigenvalue weighted by atomic mass is 16.4. The van der Waals surface area contributed by atoms with E-state index in [0.717, 1.165) is 56.2 Å². The van der Waals surface area contributed by atoms with Crippen LogP contribution in [0.15, 0.2) is 10.9 Å². The molecule has 29 heavy (non-hydrogen) atoms. The Hall–Kier alpha value is -2.11. The molecule has 6 heteroatoms. The molecule has 1 heterocycles. The molecule has 0 radical (unpaired) electrons. The van der Waals surface area contributed by atoms with Gasteiger partial charge in [-0.15, -0.1) is 0 Å². The van der Waals surface area contributed by atoms with Gasteiger partial charge in [0.25, 0.3) is 11.5 Å². The maximum Gasteiger partial charge on any atom is 0.303 e. The molecule has 1 aliphatic rings. The monoisotopic (exact) mass is 404 g/mol. The highest BCUT2D eigenvalue weighted by Gasteiger charge is 2.35. The smallest absolute Gasteiger partial charge is 0.303 e. The second-order valence-electron chi connectivity index (χ2n) is 8.99. The van der Waals surface area contributed by atoms with Crippen molar-refractivity contribution in [2.75, 3.05) is 6.54 Å². The summed E-state index contributed by atoms with van der Waals surface area (Å²) in [5.74, 6) is -0.763. The lowest BCUT2D eigenvalue weighted by Gasteiger charge is -2.36. The van der Waals surface area contributed by atoms with Crippen LogP contribution in [0.5, 0.6) is 0 Å². The van der Waals surface area contributed by atoms with E-state index >= 15 is 0 Å². The van der Waals surface area contributed by atoms with E-state index in [-0.39, 0.29) is 17.5 Å². The van der Waals surface area contributed by atoms with Crippen LogP contribution in [0.3, 0.4) is 0 Å². The van der Waals surface area contributed by atoms with Crippen molar-refractivity contribution in [3.05, 3.63) is 33.2 Å². The largest absolute Gasteiger partial charge is 0.481 e. The summed E-state index contributed by atoms with van der Waals surface area (Å²) in [6.07, 6.45) is 6.33. The molecule has 6 nitrogen and oxygen atoms in total. The average molecular weight is 405 g/mol. The van der Waals surface area contributed by atoms with Crippen LogP contribution >= 0.6 is 0 Å². The van der Waals surface area contributed by atoms with Gasteiger partial charge in [-0.2, -0.15) is 0 Å². The normalized spacial score (nSPS) is 16.0. The molecular formula is C23H36N2O4. The maximum atomic E-state index is 13.1. The van der Waals surface area contributed by atoms with Crippen molar-refractivity contribution >= 4 is 11.9 Å². The van der Waals surface area contributed by atoms with Crippen molar-refractivity contribution in [3.63, 3.8) is 0 Å². The van der Waals surface area contributed by atoms with Crippen LogP contribution in [0.2, 0.25) is 0 Å². The molecule has 0 aromatic carbocycles. The van der Waals surface area contributed by atoms with E-state index in [1.807, 2.05) is 13.8 Å². The standard InChI is InChI=1S/C23H36N2O4/c1-5-19-17(4)13-18(22(29)25(19)12-9-16(2)3)21(28)24-15-23(14-20(26)27)10-7-6-8-11-23/h13,16H,5-12,14-15H2,1-4H3,(H,24,28)(H,26,27). The summed E-state index contributed by atoms with van der Waals surface area (Å²) < 4.78 is 1.75. The average Bonchev–Trinajstić information content (AvgIpc) is 2.66. The van der Waals surface area contributed by atoms with Crippen molar-refractivity contribution < 1.29 is 14.7 Å². The number of aliphatic carboxylic acids is 1. The van der Waals surface area contributed by atoms with Crippen molar-refractivity contribution in [1.82, 2.24) is 9.88 Å². The topological polar surface area (TPSA) is 88.4 Å². The lowest BCUT2D eigenvalue weighted by Crippen LogP contribution is -2.42. The molecule has 2 rings (SSSR count). The number of pyridine rings is 1. The Balaban J connectivity index is 2.25. The number of aromatic nitrogens is 1. The first-order chi connectivity index (χ1) is 13.7. The second-order valence-corrected chi connectivity index (χ2v) is 8.99. The third kappa shape index (κ3) is 5.94. The molecule has 1 saturated carbocycles. The quantitative estimate of drug-likeness (QED) is 0.653. The predicted octanol–water partition coefficient (Wildman–Crippen LogP) is 3.92. The predicted molar refractivity (Wildman–Crippen MR) is 114 cm³/mol. The maximum absolute atomic E-state index is 13.1. The van der Waals surface area contributed by atoms with Crippen LogP contribution in [0.1, 0.15) is 87.3 Å². The molecule has 1 amide bonds. The minimum Gasteiger partial charge on any atom is -0.481 e. The third-order valence-corrected chi connectivity index (χ3v) is 6.19. The molecule has 1 aromatic rings. The Labute approximate surface area is 173 Å². The molecule has 0 bridgehead atoms. The summed E-state index contributed by atoms with van der Waals surface area (Å²) in [6, 6.07) is 1.69. The first-order valence-corrected chi connectivity index (χ1v) is 10.9. The fraction of sp³-hybridized carbons (Fsp3) is 0.696. The van der Waals surface area contributed by atoms with Crippen LogP contribution in [0.4, 0.5) is 0 Å².